The first-order chi connectivity index (χ1) is 13.1. The minimum absolute atomic E-state index is 0.0448. The maximum atomic E-state index is 12.0. The van der Waals surface area contributed by atoms with E-state index in [1.807, 2.05) is 0 Å². The standard InChI is InChI=1S/C21H33N5O/c1-24(2)20(27)16-22-21(23-19-10-6-7-11-19)26-14-12-25(13-15-26)17-18-8-4-3-5-9-18/h3-5,8-9,19H,6-7,10-17H2,1-2H3,(H,22,23). The van der Waals surface area contributed by atoms with Crippen LogP contribution in [0.4, 0.5) is 0 Å². The maximum Gasteiger partial charge on any atom is 0.243 e. The number of piperazine rings is 1. The number of likely N-dealkylation sites (N-methyl/N-ethyl adjacent to an activating group) is 1. The van der Waals surface area contributed by atoms with Gasteiger partial charge >= 0.3 is 0 Å². The SMILES string of the molecule is CN(C)C(=O)CN=C(NC1CCCC1)N1CCN(Cc2ccccc2)CC1. The van der Waals surface area contributed by atoms with Crippen LogP contribution in [-0.2, 0) is 11.3 Å². The highest BCUT2D eigenvalue weighted by molar-refractivity contribution is 5.85. The average molecular weight is 372 g/mol. The summed E-state index contributed by atoms with van der Waals surface area (Å²) < 4.78 is 0. The number of hydrogen-bond acceptors (Lipinski definition) is 3. The van der Waals surface area contributed by atoms with E-state index in [-0.39, 0.29) is 12.5 Å². The van der Waals surface area contributed by atoms with Crippen LogP contribution in [0.5, 0.6) is 0 Å². The second-order valence-electron chi connectivity index (χ2n) is 7.80. The van der Waals surface area contributed by atoms with Gasteiger partial charge in [0.15, 0.2) is 5.96 Å². The van der Waals surface area contributed by atoms with Gasteiger partial charge in [-0.1, -0.05) is 43.2 Å². The minimum Gasteiger partial charge on any atom is -0.353 e. The van der Waals surface area contributed by atoms with Crippen molar-refractivity contribution < 1.29 is 4.79 Å². The molecule has 1 aromatic carbocycles. The van der Waals surface area contributed by atoms with Crippen LogP contribution in [0.3, 0.4) is 0 Å². The third-order valence-corrected chi connectivity index (χ3v) is 5.47. The molecule has 1 N–H and O–H groups in total. The molecule has 0 radical (unpaired) electrons. The van der Waals surface area contributed by atoms with Crippen molar-refractivity contribution >= 4 is 11.9 Å². The number of nitrogens with zero attached hydrogens (tertiary/aromatic N) is 4. The van der Waals surface area contributed by atoms with E-state index >= 15 is 0 Å². The number of rotatable bonds is 5. The Morgan fingerprint density at radius 1 is 1.11 bits per heavy atom. The number of nitrogens with one attached hydrogen (secondary N) is 1. The van der Waals surface area contributed by atoms with E-state index in [1.54, 1.807) is 19.0 Å². The van der Waals surface area contributed by atoms with E-state index in [2.05, 4.69) is 50.4 Å². The Kier molecular flexibility index (Phi) is 7.10. The van der Waals surface area contributed by atoms with Crippen molar-refractivity contribution in [1.82, 2.24) is 20.0 Å². The predicted octanol–water partition coefficient (Wildman–Crippen LogP) is 1.78. The average Bonchev–Trinajstić information content (AvgIpc) is 3.19. The van der Waals surface area contributed by atoms with E-state index < -0.39 is 0 Å². The molecular weight excluding hydrogens is 338 g/mol. The molecule has 1 aliphatic heterocycles. The molecule has 6 heteroatoms. The van der Waals surface area contributed by atoms with Gasteiger partial charge in [0, 0.05) is 52.9 Å². The molecular formula is C21H33N5O. The lowest BCUT2D eigenvalue weighted by Crippen LogP contribution is -2.54. The van der Waals surface area contributed by atoms with Crippen molar-refractivity contribution in [3.63, 3.8) is 0 Å². The van der Waals surface area contributed by atoms with E-state index in [9.17, 15) is 4.79 Å². The van der Waals surface area contributed by atoms with Gasteiger partial charge in [0.25, 0.3) is 0 Å². The van der Waals surface area contributed by atoms with E-state index in [1.165, 1.54) is 31.2 Å². The number of carbonyl (C=O) groups excluding carboxylic acids is 1. The number of amides is 1. The van der Waals surface area contributed by atoms with Crippen molar-refractivity contribution in [3.05, 3.63) is 35.9 Å². The molecule has 1 saturated carbocycles. The molecule has 1 aliphatic carbocycles. The summed E-state index contributed by atoms with van der Waals surface area (Å²) in [6.45, 7) is 5.13. The third-order valence-electron chi connectivity index (χ3n) is 5.47. The number of carbonyl (C=O) groups is 1. The topological polar surface area (TPSA) is 51.2 Å². The Bertz CT molecular complexity index is 617. The number of aliphatic imine (C=N–C) groups is 1. The summed E-state index contributed by atoms with van der Waals surface area (Å²) in [5.74, 6) is 0.958. The lowest BCUT2D eigenvalue weighted by atomic mass is 10.2. The molecule has 1 heterocycles. The van der Waals surface area contributed by atoms with Crippen molar-refractivity contribution in [2.45, 2.75) is 38.3 Å². The molecule has 2 fully saturated rings. The molecule has 6 nitrogen and oxygen atoms in total. The van der Waals surface area contributed by atoms with Crippen molar-refractivity contribution in [2.75, 3.05) is 46.8 Å². The molecule has 0 aromatic heterocycles. The summed E-state index contributed by atoms with van der Waals surface area (Å²) in [5, 5.41) is 3.63. The monoisotopic (exact) mass is 371 g/mol. The number of benzene rings is 1. The number of hydrogen-bond donors (Lipinski definition) is 1. The molecule has 1 saturated heterocycles. The van der Waals surface area contributed by atoms with Gasteiger partial charge in [0.2, 0.25) is 5.91 Å². The second kappa shape index (κ2) is 9.74. The fourth-order valence-electron chi connectivity index (χ4n) is 3.73. The van der Waals surface area contributed by atoms with Crippen molar-refractivity contribution in [2.24, 2.45) is 4.99 Å². The van der Waals surface area contributed by atoms with Crippen LogP contribution < -0.4 is 5.32 Å². The summed E-state index contributed by atoms with van der Waals surface area (Å²) in [4.78, 5) is 23.1. The molecule has 1 aromatic rings. The quantitative estimate of drug-likeness (QED) is 0.633. The van der Waals surface area contributed by atoms with Gasteiger partial charge in [-0.15, -0.1) is 0 Å². The fourth-order valence-corrected chi connectivity index (χ4v) is 3.73. The molecule has 3 rings (SSSR count). The van der Waals surface area contributed by atoms with Crippen molar-refractivity contribution in [1.29, 1.82) is 0 Å². The second-order valence-corrected chi connectivity index (χ2v) is 7.80. The van der Waals surface area contributed by atoms with E-state index in [0.29, 0.717) is 6.04 Å². The Hall–Kier alpha value is -2.08. The molecule has 1 amide bonds. The Balaban J connectivity index is 1.57. The van der Waals surface area contributed by atoms with Gasteiger partial charge in [0.05, 0.1) is 0 Å². The van der Waals surface area contributed by atoms with Gasteiger partial charge in [-0.05, 0) is 18.4 Å². The Labute approximate surface area is 163 Å². The summed E-state index contributed by atoms with van der Waals surface area (Å²) in [6.07, 6.45) is 4.97. The highest BCUT2D eigenvalue weighted by Crippen LogP contribution is 2.18. The highest BCUT2D eigenvalue weighted by atomic mass is 16.2. The van der Waals surface area contributed by atoms with Crippen LogP contribution in [-0.4, -0.2) is 79.4 Å². The molecule has 27 heavy (non-hydrogen) atoms. The van der Waals surface area contributed by atoms with Crippen molar-refractivity contribution in [3.8, 4) is 0 Å². The zero-order chi connectivity index (χ0) is 19.1. The molecule has 0 bridgehead atoms. The van der Waals surface area contributed by atoms with Gasteiger partial charge in [0.1, 0.15) is 6.54 Å². The first-order valence-corrected chi connectivity index (χ1v) is 10.1. The lowest BCUT2D eigenvalue weighted by molar-refractivity contribution is -0.127. The molecule has 0 spiro atoms. The smallest absolute Gasteiger partial charge is 0.243 e. The van der Waals surface area contributed by atoms with Crippen LogP contribution in [0.2, 0.25) is 0 Å². The molecule has 2 aliphatic rings. The zero-order valence-corrected chi connectivity index (χ0v) is 16.7. The van der Waals surface area contributed by atoms with Crippen LogP contribution in [0, 0.1) is 0 Å². The Morgan fingerprint density at radius 3 is 2.41 bits per heavy atom. The van der Waals surface area contributed by atoms with Gasteiger partial charge < -0.3 is 15.1 Å². The summed E-state index contributed by atoms with van der Waals surface area (Å²) >= 11 is 0. The van der Waals surface area contributed by atoms with Crippen LogP contribution in [0.15, 0.2) is 35.3 Å². The molecule has 0 atom stereocenters. The Morgan fingerprint density at radius 2 is 1.78 bits per heavy atom. The minimum atomic E-state index is 0.0448. The van der Waals surface area contributed by atoms with Crippen LogP contribution in [0.1, 0.15) is 31.2 Å². The molecule has 0 unspecified atom stereocenters. The summed E-state index contributed by atoms with van der Waals surface area (Å²) in [5.41, 5.74) is 1.36. The predicted molar refractivity (Wildman–Crippen MR) is 110 cm³/mol. The first-order valence-electron chi connectivity index (χ1n) is 10.1. The van der Waals surface area contributed by atoms with Gasteiger partial charge in [-0.3, -0.25) is 9.69 Å². The lowest BCUT2D eigenvalue weighted by Gasteiger charge is -2.37. The third kappa shape index (κ3) is 5.96. The zero-order valence-electron chi connectivity index (χ0n) is 16.7. The van der Waals surface area contributed by atoms with Gasteiger partial charge in [-0.2, -0.15) is 0 Å². The number of guanidine groups is 1. The summed E-state index contributed by atoms with van der Waals surface area (Å²) in [7, 11) is 3.56. The van der Waals surface area contributed by atoms with Gasteiger partial charge in [-0.25, -0.2) is 4.99 Å². The van der Waals surface area contributed by atoms with E-state index in [4.69, 9.17) is 0 Å². The largest absolute Gasteiger partial charge is 0.353 e. The normalized spacial score (nSPS) is 19.3. The highest BCUT2D eigenvalue weighted by Gasteiger charge is 2.23. The van der Waals surface area contributed by atoms with Crippen LogP contribution in [0.25, 0.3) is 0 Å². The maximum absolute atomic E-state index is 12.0. The molecule has 148 valence electrons. The van der Waals surface area contributed by atoms with E-state index in [0.717, 1.165) is 38.7 Å². The first kappa shape index (κ1) is 19.7. The van der Waals surface area contributed by atoms with Crippen LogP contribution >= 0.6 is 0 Å². The fraction of sp³-hybridized carbons (Fsp3) is 0.619. The summed E-state index contributed by atoms with van der Waals surface area (Å²) in [6, 6.07) is 11.1.